The first-order valence-electron chi connectivity index (χ1n) is 5.72. The summed E-state index contributed by atoms with van der Waals surface area (Å²) in [6.07, 6.45) is 1.95. The summed E-state index contributed by atoms with van der Waals surface area (Å²) in [5.41, 5.74) is 5.68. The molecule has 1 heterocycles. The van der Waals surface area contributed by atoms with Gasteiger partial charge in [0.25, 0.3) is 0 Å². The lowest BCUT2D eigenvalue weighted by molar-refractivity contribution is -0.123. The van der Waals surface area contributed by atoms with E-state index in [1.54, 1.807) is 0 Å². The van der Waals surface area contributed by atoms with E-state index in [1.807, 2.05) is 13.8 Å². The highest BCUT2D eigenvalue weighted by Crippen LogP contribution is 2.09. The second-order valence-electron chi connectivity index (χ2n) is 5.07. The van der Waals surface area contributed by atoms with E-state index in [0.717, 1.165) is 25.9 Å². The molecule has 1 saturated heterocycles. The maximum atomic E-state index is 11.7. The molecule has 0 radical (unpaired) electrons. The zero-order chi connectivity index (χ0) is 11.5. The van der Waals surface area contributed by atoms with Crippen molar-refractivity contribution in [3.63, 3.8) is 0 Å². The quantitative estimate of drug-likeness (QED) is 0.707. The minimum atomic E-state index is -0.0983. The monoisotopic (exact) mass is 213 g/mol. The summed E-state index contributed by atoms with van der Waals surface area (Å²) < 4.78 is 0. The Morgan fingerprint density at radius 2 is 2.27 bits per heavy atom. The van der Waals surface area contributed by atoms with E-state index in [1.165, 1.54) is 0 Å². The van der Waals surface area contributed by atoms with Crippen molar-refractivity contribution in [1.29, 1.82) is 0 Å². The number of nitrogens with one attached hydrogen (secondary N) is 1. The molecule has 15 heavy (non-hydrogen) atoms. The highest BCUT2D eigenvalue weighted by atomic mass is 16.2. The first-order valence-corrected chi connectivity index (χ1v) is 5.72. The summed E-state index contributed by atoms with van der Waals surface area (Å²) in [6.45, 7) is 8.44. The Bertz CT molecular complexity index is 228. The number of nitrogens with zero attached hydrogens (tertiary/aromatic N) is 1. The average molecular weight is 213 g/mol. The lowest BCUT2D eigenvalue weighted by Gasteiger charge is -2.26. The molecular weight excluding hydrogens is 190 g/mol. The van der Waals surface area contributed by atoms with Gasteiger partial charge in [-0.05, 0) is 26.7 Å². The zero-order valence-corrected chi connectivity index (χ0v) is 10.0. The van der Waals surface area contributed by atoms with Gasteiger partial charge in [-0.25, -0.2) is 0 Å². The SMILES string of the molecule is CCC(C)(C)NC(=O)CN1CC[C@@H](N)C1. The van der Waals surface area contributed by atoms with Crippen molar-refractivity contribution in [1.82, 2.24) is 10.2 Å². The van der Waals surface area contributed by atoms with Crippen LogP contribution < -0.4 is 11.1 Å². The Morgan fingerprint density at radius 3 is 2.73 bits per heavy atom. The molecule has 3 N–H and O–H groups in total. The summed E-state index contributed by atoms with van der Waals surface area (Å²) in [6, 6.07) is 0.247. The van der Waals surface area contributed by atoms with Crippen molar-refractivity contribution >= 4 is 5.91 Å². The molecule has 0 saturated carbocycles. The topological polar surface area (TPSA) is 58.4 Å². The van der Waals surface area contributed by atoms with Gasteiger partial charge in [-0.3, -0.25) is 9.69 Å². The average Bonchev–Trinajstić information content (AvgIpc) is 2.50. The normalized spacial score (nSPS) is 23.1. The van der Waals surface area contributed by atoms with Gasteiger partial charge in [-0.2, -0.15) is 0 Å². The summed E-state index contributed by atoms with van der Waals surface area (Å²) in [5, 5.41) is 3.03. The van der Waals surface area contributed by atoms with Gasteiger partial charge >= 0.3 is 0 Å². The van der Waals surface area contributed by atoms with Crippen LogP contribution in [0.3, 0.4) is 0 Å². The first-order chi connectivity index (χ1) is 6.93. The Labute approximate surface area is 92.2 Å². The summed E-state index contributed by atoms with van der Waals surface area (Å²) in [7, 11) is 0. The number of carbonyl (C=O) groups excluding carboxylic acids is 1. The molecule has 88 valence electrons. The number of amides is 1. The highest BCUT2D eigenvalue weighted by molar-refractivity contribution is 5.78. The van der Waals surface area contributed by atoms with Gasteiger partial charge in [0.2, 0.25) is 5.91 Å². The summed E-state index contributed by atoms with van der Waals surface area (Å²) in [4.78, 5) is 13.8. The maximum Gasteiger partial charge on any atom is 0.234 e. The molecule has 0 spiro atoms. The fraction of sp³-hybridized carbons (Fsp3) is 0.909. The van der Waals surface area contributed by atoms with Gasteiger partial charge in [0, 0.05) is 24.7 Å². The van der Waals surface area contributed by atoms with Crippen LogP contribution >= 0.6 is 0 Å². The second kappa shape index (κ2) is 4.94. The van der Waals surface area contributed by atoms with Crippen LogP contribution in [0, 0.1) is 0 Å². The van der Waals surface area contributed by atoms with E-state index in [4.69, 9.17) is 5.73 Å². The molecule has 1 rings (SSSR count). The third kappa shape index (κ3) is 4.18. The lowest BCUT2D eigenvalue weighted by atomic mass is 10.0. The van der Waals surface area contributed by atoms with E-state index >= 15 is 0 Å². The lowest BCUT2D eigenvalue weighted by Crippen LogP contribution is -2.47. The molecule has 0 aliphatic carbocycles. The largest absolute Gasteiger partial charge is 0.350 e. The standard InChI is InChI=1S/C11H23N3O/c1-4-11(2,3)13-10(15)8-14-6-5-9(12)7-14/h9H,4-8,12H2,1-3H3,(H,13,15)/t9-/m1/s1. The van der Waals surface area contributed by atoms with Gasteiger partial charge in [0.05, 0.1) is 6.54 Å². The van der Waals surface area contributed by atoms with Gasteiger partial charge < -0.3 is 11.1 Å². The summed E-state index contributed by atoms with van der Waals surface area (Å²) >= 11 is 0. The van der Waals surface area contributed by atoms with Crippen molar-refractivity contribution in [2.45, 2.75) is 45.2 Å². The van der Waals surface area contributed by atoms with Crippen LogP contribution in [0.4, 0.5) is 0 Å². The minimum Gasteiger partial charge on any atom is -0.350 e. The Balaban J connectivity index is 2.30. The maximum absolute atomic E-state index is 11.7. The second-order valence-corrected chi connectivity index (χ2v) is 5.07. The van der Waals surface area contributed by atoms with Crippen LogP contribution in [-0.2, 0) is 4.79 Å². The number of hydrogen-bond donors (Lipinski definition) is 2. The van der Waals surface area contributed by atoms with Crippen molar-refractivity contribution in [3.8, 4) is 0 Å². The van der Waals surface area contributed by atoms with Crippen molar-refractivity contribution < 1.29 is 4.79 Å². The molecule has 4 heteroatoms. The molecule has 0 aromatic carbocycles. The van der Waals surface area contributed by atoms with Gasteiger partial charge in [-0.1, -0.05) is 6.92 Å². The minimum absolute atomic E-state index is 0.0983. The zero-order valence-electron chi connectivity index (χ0n) is 10.0. The molecule has 1 aliphatic heterocycles. The van der Waals surface area contributed by atoms with E-state index in [2.05, 4.69) is 17.1 Å². The van der Waals surface area contributed by atoms with E-state index in [9.17, 15) is 4.79 Å². The van der Waals surface area contributed by atoms with Crippen LogP contribution in [-0.4, -0.2) is 42.0 Å². The van der Waals surface area contributed by atoms with Crippen molar-refractivity contribution in [3.05, 3.63) is 0 Å². The van der Waals surface area contributed by atoms with Crippen LogP contribution in [0.2, 0.25) is 0 Å². The number of likely N-dealkylation sites (tertiary alicyclic amines) is 1. The molecule has 4 nitrogen and oxygen atoms in total. The number of hydrogen-bond acceptors (Lipinski definition) is 3. The molecule has 0 bridgehead atoms. The van der Waals surface area contributed by atoms with Gasteiger partial charge in [0.1, 0.15) is 0 Å². The number of rotatable bonds is 4. The first kappa shape index (κ1) is 12.5. The van der Waals surface area contributed by atoms with Crippen LogP contribution in [0.5, 0.6) is 0 Å². The molecule has 1 aliphatic rings. The smallest absolute Gasteiger partial charge is 0.234 e. The summed E-state index contributed by atoms with van der Waals surface area (Å²) in [5.74, 6) is 0.107. The molecule has 1 amide bonds. The molecular formula is C11H23N3O. The Kier molecular flexibility index (Phi) is 4.11. The molecule has 0 aromatic rings. The number of carbonyl (C=O) groups is 1. The Morgan fingerprint density at radius 1 is 1.60 bits per heavy atom. The predicted molar refractivity (Wildman–Crippen MR) is 61.5 cm³/mol. The van der Waals surface area contributed by atoms with Crippen molar-refractivity contribution in [2.24, 2.45) is 5.73 Å². The van der Waals surface area contributed by atoms with Gasteiger partial charge in [-0.15, -0.1) is 0 Å². The third-order valence-corrected chi connectivity index (χ3v) is 3.04. The van der Waals surface area contributed by atoms with E-state index in [-0.39, 0.29) is 17.5 Å². The molecule has 1 atom stereocenters. The molecule has 0 unspecified atom stereocenters. The fourth-order valence-corrected chi connectivity index (χ4v) is 1.71. The number of nitrogens with two attached hydrogens (primary N) is 1. The van der Waals surface area contributed by atoms with Crippen molar-refractivity contribution in [2.75, 3.05) is 19.6 Å². The highest BCUT2D eigenvalue weighted by Gasteiger charge is 2.23. The Hall–Kier alpha value is -0.610. The van der Waals surface area contributed by atoms with E-state index < -0.39 is 0 Å². The van der Waals surface area contributed by atoms with E-state index in [0.29, 0.717) is 6.54 Å². The predicted octanol–water partition coefficient (Wildman–Crippen LogP) is 0.324. The third-order valence-electron chi connectivity index (χ3n) is 3.04. The van der Waals surface area contributed by atoms with Gasteiger partial charge in [0.15, 0.2) is 0 Å². The van der Waals surface area contributed by atoms with Crippen LogP contribution in [0.15, 0.2) is 0 Å². The fourth-order valence-electron chi connectivity index (χ4n) is 1.71. The molecule has 1 fully saturated rings. The van der Waals surface area contributed by atoms with Crippen LogP contribution in [0.1, 0.15) is 33.6 Å². The molecule has 0 aromatic heterocycles. The van der Waals surface area contributed by atoms with Crippen LogP contribution in [0.25, 0.3) is 0 Å².